The number of carbonyl (C=O) groups is 1. The van der Waals surface area contributed by atoms with E-state index in [1.165, 1.54) is 11.3 Å². The van der Waals surface area contributed by atoms with Gasteiger partial charge in [0.1, 0.15) is 10.7 Å². The number of hydrogen-bond acceptors (Lipinski definition) is 4. The van der Waals surface area contributed by atoms with Gasteiger partial charge in [0.05, 0.1) is 5.02 Å². The number of nitrogens with one attached hydrogen (secondary N) is 1. The normalized spacial score (nSPS) is 15.9. The Bertz CT molecular complexity index is 711. The first-order valence-corrected chi connectivity index (χ1v) is 9.09. The average Bonchev–Trinajstić information content (AvgIpc) is 3.04. The molecular formula is C16H17Cl2N3OS. The van der Waals surface area contributed by atoms with Crippen LogP contribution in [0, 0.1) is 0 Å². The molecule has 0 saturated carbocycles. The highest BCUT2D eigenvalue weighted by Crippen LogP contribution is 2.32. The third-order valence-electron chi connectivity index (χ3n) is 4.08. The van der Waals surface area contributed by atoms with Crippen LogP contribution >= 0.6 is 34.5 Å². The molecule has 0 bridgehead atoms. The van der Waals surface area contributed by atoms with E-state index in [-0.39, 0.29) is 5.91 Å². The summed E-state index contributed by atoms with van der Waals surface area (Å²) in [6.07, 6.45) is 1.95. The monoisotopic (exact) mass is 369 g/mol. The summed E-state index contributed by atoms with van der Waals surface area (Å²) < 4.78 is 0. The van der Waals surface area contributed by atoms with Crippen molar-refractivity contribution in [1.82, 2.24) is 15.2 Å². The first-order chi connectivity index (χ1) is 11.1. The SMILES string of the molecule is CNC1CCN(C(=O)c2csc(-c3ccc(Cl)cc3Cl)n2)CC1. The third kappa shape index (κ3) is 3.69. The molecular weight excluding hydrogens is 353 g/mol. The lowest BCUT2D eigenvalue weighted by Gasteiger charge is -2.31. The molecule has 1 N–H and O–H groups in total. The van der Waals surface area contributed by atoms with E-state index in [0.717, 1.165) is 36.5 Å². The van der Waals surface area contributed by atoms with Crippen molar-refractivity contribution in [3.63, 3.8) is 0 Å². The van der Waals surface area contributed by atoms with Crippen LogP contribution in [-0.4, -0.2) is 42.0 Å². The molecule has 3 rings (SSSR count). The van der Waals surface area contributed by atoms with Crippen LogP contribution in [0.3, 0.4) is 0 Å². The van der Waals surface area contributed by atoms with Crippen LogP contribution in [0.1, 0.15) is 23.3 Å². The van der Waals surface area contributed by atoms with Crippen LogP contribution in [0.25, 0.3) is 10.6 Å². The zero-order chi connectivity index (χ0) is 16.4. The Morgan fingerprint density at radius 3 is 2.74 bits per heavy atom. The zero-order valence-electron chi connectivity index (χ0n) is 12.7. The van der Waals surface area contributed by atoms with E-state index < -0.39 is 0 Å². The number of likely N-dealkylation sites (tertiary alicyclic amines) is 1. The van der Waals surface area contributed by atoms with E-state index in [2.05, 4.69) is 10.3 Å². The van der Waals surface area contributed by atoms with Gasteiger partial charge in [0.25, 0.3) is 5.91 Å². The lowest BCUT2D eigenvalue weighted by atomic mass is 10.1. The fourth-order valence-electron chi connectivity index (χ4n) is 2.69. The maximum Gasteiger partial charge on any atom is 0.273 e. The molecule has 2 aromatic rings. The van der Waals surface area contributed by atoms with Gasteiger partial charge < -0.3 is 10.2 Å². The Balaban J connectivity index is 1.75. The summed E-state index contributed by atoms with van der Waals surface area (Å²) in [7, 11) is 1.96. The molecule has 1 aliphatic rings. The molecule has 0 aliphatic carbocycles. The van der Waals surface area contributed by atoms with Gasteiger partial charge >= 0.3 is 0 Å². The summed E-state index contributed by atoms with van der Waals surface area (Å²) in [5.74, 6) is -0.00728. The summed E-state index contributed by atoms with van der Waals surface area (Å²) in [5, 5.41) is 6.92. The van der Waals surface area contributed by atoms with E-state index in [9.17, 15) is 4.79 Å². The lowest BCUT2D eigenvalue weighted by Crippen LogP contribution is -2.44. The molecule has 7 heteroatoms. The van der Waals surface area contributed by atoms with E-state index in [0.29, 0.717) is 21.8 Å². The van der Waals surface area contributed by atoms with Crippen molar-refractivity contribution >= 4 is 40.4 Å². The van der Waals surface area contributed by atoms with E-state index in [1.54, 1.807) is 17.5 Å². The molecule has 23 heavy (non-hydrogen) atoms. The first-order valence-electron chi connectivity index (χ1n) is 7.46. The number of halogens is 2. The quantitative estimate of drug-likeness (QED) is 0.890. The minimum atomic E-state index is -0.00728. The summed E-state index contributed by atoms with van der Waals surface area (Å²) in [5.41, 5.74) is 1.29. The molecule has 1 amide bonds. The first kappa shape index (κ1) is 16.7. The van der Waals surface area contributed by atoms with Gasteiger partial charge in [-0.25, -0.2) is 4.98 Å². The van der Waals surface area contributed by atoms with Crippen LogP contribution in [0.2, 0.25) is 10.0 Å². The highest BCUT2D eigenvalue weighted by atomic mass is 35.5. The second-order valence-electron chi connectivity index (χ2n) is 5.52. The molecule has 4 nitrogen and oxygen atoms in total. The number of nitrogens with zero attached hydrogens (tertiary/aromatic N) is 2. The number of amides is 1. The Hall–Kier alpha value is -1.14. The number of benzene rings is 1. The van der Waals surface area contributed by atoms with Gasteiger partial charge in [-0.2, -0.15) is 0 Å². The van der Waals surface area contributed by atoms with Gasteiger partial charge in [-0.1, -0.05) is 23.2 Å². The predicted molar refractivity (Wildman–Crippen MR) is 95.6 cm³/mol. The topological polar surface area (TPSA) is 45.2 Å². The Morgan fingerprint density at radius 1 is 1.35 bits per heavy atom. The Kier molecular flexibility index (Phi) is 5.21. The van der Waals surface area contributed by atoms with Gasteiger partial charge in [-0.3, -0.25) is 4.79 Å². The molecule has 1 aliphatic heterocycles. The summed E-state index contributed by atoms with van der Waals surface area (Å²) in [6, 6.07) is 5.78. The molecule has 1 aromatic heterocycles. The van der Waals surface area contributed by atoms with E-state index in [4.69, 9.17) is 23.2 Å². The largest absolute Gasteiger partial charge is 0.337 e. The van der Waals surface area contributed by atoms with Gasteiger partial charge in [-0.05, 0) is 38.1 Å². The molecule has 1 saturated heterocycles. The molecule has 0 spiro atoms. The van der Waals surface area contributed by atoms with Crippen molar-refractivity contribution in [1.29, 1.82) is 0 Å². The number of hydrogen-bond donors (Lipinski definition) is 1. The standard InChI is InChI=1S/C16H17Cl2N3OS/c1-19-11-4-6-21(7-5-11)16(22)14-9-23-15(20-14)12-3-2-10(17)8-13(12)18/h2-3,8-9,11,19H,4-7H2,1H3. The third-order valence-corrected chi connectivity index (χ3v) is 5.50. The van der Waals surface area contributed by atoms with Crippen molar-refractivity contribution < 1.29 is 4.79 Å². The van der Waals surface area contributed by atoms with Crippen molar-refractivity contribution in [2.75, 3.05) is 20.1 Å². The summed E-state index contributed by atoms with van der Waals surface area (Å²) >= 11 is 13.6. The fourth-order valence-corrected chi connectivity index (χ4v) is 4.08. The van der Waals surface area contributed by atoms with Gasteiger partial charge in [0.2, 0.25) is 0 Å². The Morgan fingerprint density at radius 2 is 2.09 bits per heavy atom. The minimum Gasteiger partial charge on any atom is -0.337 e. The second kappa shape index (κ2) is 7.18. The van der Waals surface area contributed by atoms with Crippen LogP contribution in [-0.2, 0) is 0 Å². The van der Waals surface area contributed by atoms with Crippen LogP contribution in [0.15, 0.2) is 23.6 Å². The van der Waals surface area contributed by atoms with Crippen LogP contribution in [0.5, 0.6) is 0 Å². The Labute approximate surface area is 149 Å². The molecule has 0 radical (unpaired) electrons. The molecule has 1 aromatic carbocycles. The van der Waals surface area contributed by atoms with Crippen molar-refractivity contribution in [3.05, 3.63) is 39.3 Å². The lowest BCUT2D eigenvalue weighted by molar-refractivity contribution is 0.0702. The van der Waals surface area contributed by atoms with E-state index >= 15 is 0 Å². The predicted octanol–water partition coefficient (Wildman–Crippen LogP) is 3.94. The summed E-state index contributed by atoms with van der Waals surface area (Å²) in [4.78, 5) is 18.9. The highest BCUT2D eigenvalue weighted by Gasteiger charge is 2.24. The molecule has 0 atom stereocenters. The summed E-state index contributed by atoms with van der Waals surface area (Å²) in [6.45, 7) is 1.53. The number of aromatic nitrogens is 1. The van der Waals surface area contributed by atoms with Gasteiger partial charge in [0, 0.05) is 35.1 Å². The molecule has 122 valence electrons. The average molecular weight is 370 g/mol. The number of thiazole rings is 1. The van der Waals surface area contributed by atoms with Crippen molar-refractivity contribution in [2.24, 2.45) is 0 Å². The zero-order valence-corrected chi connectivity index (χ0v) is 15.0. The van der Waals surface area contributed by atoms with Crippen LogP contribution < -0.4 is 5.32 Å². The van der Waals surface area contributed by atoms with Crippen molar-refractivity contribution in [3.8, 4) is 10.6 Å². The number of piperidine rings is 1. The van der Waals surface area contributed by atoms with Gasteiger partial charge in [-0.15, -0.1) is 11.3 Å². The van der Waals surface area contributed by atoms with Crippen molar-refractivity contribution in [2.45, 2.75) is 18.9 Å². The highest BCUT2D eigenvalue weighted by molar-refractivity contribution is 7.13. The number of carbonyl (C=O) groups excluding carboxylic acids is 1. The van der Waals surface area contributed by atoms with Gasteiger partial charge in [0.15, 0.2) is 0 Å². The minimum absolute atomic E-state index is 0.00728. The molecule has 2 heterocycles. The molecule has 1 fully saturated rings. The second-order valence-corrected chi connectivity index (χ2v) is 7.22. The smallest absolute Gasteiger partial charge is 0.273 e. The van der Waals surface area contributed by atoms with Crippen LogP contribution in [0.4, 0.5) is 0 Å². The maximum absolute atomic E-state index is 12.6. The maximum atomic E-state index is 12.6. The fraction of sp³-hybridized carbons (Fsp3) is 0.375. The molecule has 0 unspecified atom stereocenters. The number of rotatable bonds is 3. The van der Waals surface area contributed by atoms with E-state index in [1.807, 2.05) is 18.0 Å².